The second kappa shape index (κ2) is 67.9. The van der Waals surface area contributed by atoms with Gasteiger partial charge in [0, 0.05) is 25.7 Å². The molecule has 0 saturated carbocycles. The van der Waals surface area contributed by atoms with E-state index in [1.54, 1.807) is 0 Å². The van der Waals surface area contributed by atoms with Gasteiger partial charge in [-0.2, -0.15) is 0 Å². The summed E-state index contributed by atoms with van der Waals surface area (Å²) >= 11 is 0. The summed E-state index contributed by atoms with van der Waals surface area (Å²) < 4.78 is 68.6. The van der Waals surface area contributed by atoms with Crippen molar-refractivity contribution >= 4 is 39.5 Å². The van der Waals surface area contributed by atoms with Crippen LogP contribution in [0.2, 0.25) is 0 Å². The molecule has 0 rings (SSSR count). The van der Waals surface area contributed by atoms with Gasteiger partial charge < -0.3 is 33.8 Å². The number of hydrogen-bond acceptors (Lipinski definition) is 15. The molecule has 0 aliphatic carbocycles. The van der Waals surface area contributed by atoms with Crippen LogP contribution >= 0.6 is 15.6 Å². The van der Waals surface area contributed by atoms with Crippen molar-refractivity contribution in [1.29, 1.82) is 0 Å². The van der Waals surface area contributed by atoms with Crippen molar-refractivity contribution in [2.24, 2.45) is 11.8 Å². The van der Waals surface area contributed by atoms with E-state index in [2.05, 4.69) is 41.5 Å². The van der Waals surface area contributed by atoms with Gasteiger partial charge in [0.05, 0.1) is 26.4 Å². The number of carbonyl (C=O) groups is 4. The molecule has 0 aromatic carbocycles. The number of rotatable bonds is 75. The molecule has 0 aromatic rings. The average Bonchev–Trinajstić information content (AvgIpc) is 1.29. The molecule has 95 heavy (non-hydrogen) atoms. The number of aliphatic hydroxyl groups is 1. The summed E-state index contributed by atoms with van der Waals surface area (Å²) in [7, 11) is -9.91. The van der Waals surface area contributed by atoms with Crippen LogP contribution in [-0.2, 0) is 65.4 Å². The van der Waals surface area contributed by atoms with Gasteiger partial charge in [0.2, 0.25) is 0 Å². The third-order valence-corrected chi connectivity index (χ3v) is 19.6. The molecule has 0 radical (unpaired) electrons. The molecule has 0 aliphatic rings. The number of esters is 4. The molecule has 0 aliphatic heterocycles. The molecule has 0 fully saturated rings. The van der Waals surface area contributed by atoms with Gasteiger partial charge in [-0.15, -0.1) is 0 Å². The van der Waals surface area contributed by atoms with E-state index in [1.165, 1.54) is 212 Å². The predicted molar refractivity (Wildman–Crippen MR) is 386 cm³/mol. The van der Waals surface area contributed by atoms with E-state index >= 15 is 0 Å². The van der Waals surface area contributed by atoms with Crippen molar-refractivity contribution in [3.05, 3.63) is 0 Å². The SMILES string of the molecule is CCCCCCCCCCCCCCC(=O)OC[C@H](COP(=O)(O)OC[C@H](O)COP(=O)(O)OC[C@@H](COC(=O)CCCCCCCCCCCCCCC(C)C)OC(=O)CCCCCCCCCCCCCCCC(C)C)OC(=O)CCCCCCCCCCCCCC. The Balaban J connectivity index is 5.26. The van der Waals surface area contributed by atoms with E-state index in [0.29, 0.717) is 25.7 Å². The Morgan fingerprint density at radius 1 is 0.284 bits per heavy atom. The standard InChI is InChI=1S/C76H148O17P2/c1-7-9-11-13-15-17-19-28-34-40-46-52-58-73(78)86-64-71(92-75(80)60-54-48-42-36-29-20-18-16-14-12-10-8-2)66-90-94(82,83)88-62-70(77)63-89-95(84,85)91-67-72(65-87-74(79)59-53-47-41-35-30-25-24-27-33-39-45-51-57-69(5)6)93-76(81)61-55-49-43-37-31-23-21-22-26-32-38-44-50-56-68(3)4/h68-72,77H,7-67H2,1-6H3,(H,82,83)(H,84,85)/t70-,71+,72+/m0/s1. The molecule has 3 N–H and O–H groups in total. The fraction of sp³-hybridized carbons (Fsp3) is 0.947. The van der Waals surface area contributed by atoms with Crippen LogP contribution in [0.15, 0.2) is 0 Å². The summed E-state index contributed by atoms with van der Waals surface area (Å²) in [4.78, 5) is 72.8. The lowest BCUT2D eigenvalue weighted by atomic mass is 10.0. The van der Waals surface area contributed by atoms with E-state index in [9.17, 15) is 43.2 Å². The van der Waals surface area contributed by atoms with Crippen LogP contribution in [0.1, 0.15) is 395 Å². The Bertz CT molecular complexity index is 1840. The summed E-state index contributed by atoms with van der Waals surface area (Å²) in [5, 5.41) is 10.6. The number of phosphoric ester groups is 2. The summed E-state index contributed by atoms with van der Waals surface area (Å²) in [6.07, 6.45) is 55.3. The highest BCUT2D eigenvalue weighted by molar-refractivity contribution is 7.47. The van der Waals surface area contributed by atoms with E-state index in [0.717, 1.165) is 102 Å². The van der Waals surface area contributed by atoms with Gasteiger partial charge in [0.1, 0.15) is 19.3 Å². The lowest BCUT2D eigenvalue weighted by molar-refractivity contribution is -0.161. The van der Waals surface area contributed by atoms with Crippen molar-refractivity contribution in [2.75, 3.05) is 39.6 Å². The topological polar surface area (TPSA) is 237 Å². The molecule has 17 nitrogen and oxygen atoms in total. The molecular weight excluding hydrogens is 1250 g/mol. The first-order valence-electron chi connectivity index (χ1n) is 39.5. The monoisotopic (exact) mass is 1400 g/mol. The highest BCUT2D eigenvalue weighted by atomic mass is 31.2. The minimum atomic E-state index is -4.96. The van der Waals surface area contributed by atoms with Gasteiger partial charge in [-0.05, 0) is 37.5 Å². The Labute approximate surface area is 581 Å². The fourth-order valence-corrected chi connectivity index (χ4v) is 13.2. The molecule has 564 valence electrons. The van der Waals surface area contributed by atoms with E-state index < -0.39 is 97.5 Å². The summed E-state index contributed by atoms with van der Waals surface area (Å²) in [6.45, 7) is 9.63. The van der Waals surface area contributed by atoms with Gasteiger partial charge >= 0.3 is 39.5 Å². The van der Waals surface area contributed by atoms with Crippen LogP contribution < -0.4 is 0 Å². The zero-order valence-corrected chi connectivity index (χ0v) is 63.8. The average molecular weight is 1400 g/mol. The molecule has 5 atom stereocenters. The number of carbonyl (C=O) groups excluding carboxylic acids is 4. The van der Waals surface area contributed by atoms with Crippen molar-refractivity contribution in [1.82, 2.24) is 0 Å². The summed E-state index contributed by atoms with van der Waals surface area (Å²) in [5.74, 6) is -0.544. The highest BCUT2D eigenvalue weighted by Gasteiger charge is 2.30. The van der Waals surface area contributed by atoms with E-state index in [-0.39, 0.29) is 25.7 Å². The molecule has 0 spiro atoms. The van der Waals surface area contributed by atoms with Gasteiger partial charge in [-0.1, -0.05) is 343 Å². The van der Waals surface area contributed by atoms with E-state index in [4.69, 9.17) is 37.0 Å². The van der Waals surface area contributed by atoms with Crippen LogP contribution in [-0.4, -0.2) is 96.7 Å². The van der Waals surface area contributed by atoms with Crippen LogP contribution in [0.5, 0.6) is 0 Å². The molecule has 0 heterocycles. The maximum absolute atomic E-state index is 13.1. The van der Waals surface area contributed by atoms with Crippen LogP contribution in [0.3, 0.4) is 0 Å². The Morgan fingerprint density at radius 2 is 0.484 bits per heavy atom. The Kier molecular flexibility index (Phi) is 66.5. The number of aliphatic hydroxyl groups excluding tert-OH is 1. The zero-order chi connectivity index (χ0) is 70.0. The lowest BCUT2D eigenvalue weighted by Crippen LogP contribution is -2.30. The van der Waals surface area contributed by atoms with Gasteiger partial charge in [0.15, 0.2) is 12.2 Å². The second-order valence-corrected chi connectivity index (χ2v) is 31.3. The number of hydrogen-bond donors (Lipinski definition) is 3. The third-order valence-electron chi connectivity index (χ3n) is 17.7. The molecular formula is C76H148O17P2. The van der Waals surface area contributed by atoms with Gasteiger partial charge in [0.25, 0.3) is 0 Å². The maximum Gasteiger partial charge on any atom is 0.472 e. The molecule has 2 unspecified atom stereocenters. The first-order chi connectivity index (χ1) is 45.9. The van der Waals surface area contributed by atoms with Crippen LogP contribution in [0, 0.1) is 11.8 Å². The quantitative estimate of drug-likeness (QED) is 0.0222. The first-order valence-corrected chi connectivity index (χ1v) is 42.5. The predicted octanol–water partition coefficient (Wildman–Crippen LogP) is 22.3. The maximum atomic E-state index is 13.1. The van der Waals surface area contributed by atoms with Crippen molar-refractivity contribution < 1.29 is 80.2 Å². The minimum Gasteiger partial charge on any atom is -0.462 e. The summed E-state index contributed by atoms with van der Waals surface area (Å²) in [6, 6.07) is 0. The zero-order valence-electron chi connectivity index (χ0n) is 62.0. The number of unbranched alkanes of at least 4 members (excludes halogenated alkanes) is 45. The lowest BCUT2D eigenvalue weighted by Gasteiger charge is -2.21. The molecule has 0 aromatic heterocycles. The van der Waals surface area contributed by atoms with Crippen molar-refractivity contribution in [3.8, 4) is 0 Å². The normalized spacial score (nSPS) is 14.0. The van der Waals surface area contributed by atoms with Crippen LogP contribution in [0.4, 0.5) is 0 Å². The molecule has 19 heteroatoms. The molecule has 0 bridgehead atoms. The summed E-state index contributed by atoms with van der Waals surface area (Å²) in [5.41, 5.74) is 0. The van der Waals surface area contributed by atoms with Crippen molar-refractivity contribution in [2.45, 2.75) is 413 Å². The minimum absolute atomic E-state index is 0.107. The smallest absolute Gasteiger partial charge is 0.462 e. The highest BCUT2D eigenvalue weighted by Crippen LogP contribution is 2.45. The first kappa shape index (κ1) is 93.1. The van der Waals surface area contributed by atoms with Crippen LogP contribution in [0.25, 0.3) is 0 Å². The fourth-order valence-electron chi connectivity index (χ4n) is 11.7. The number of phosphoric acid groups is 2. The third kappa shape index (κ3) is 70.3. The van der Waals surface area contributed by atoms with Crippen molar-refractivity contribution in [3.63, 3.8) is 0 Å². The second-order valence-electron chi connectivity index (χ2n) is 28.3. The molecule has 0 amide bonds. The van der Waals surface area contributed by atoms with Gasteiger partial charge in [-0.3, -0.25) is 37.3 Å². The Morgan fingerprint density at radius 3 is 0.716 bits per heavy atom. The molecule has 0 saturated heterocycles. The van der Waals surface area contributed by atoms with E-state index in [1.807, 2.05) is 0 Å². The Hall–Kier alpha value is -1.94. The largest absolute Gasteiger partial charge is 0.472 e. The number of ether oxygens (including phenoxy) is 4. The van der Waals surface area contributed by atoms with Gasteiger partial charge in [-0.25, -0.2) is 9.13 Å².